The largest absolute Gasteiger partial charge is 0.512 e. The maximum atomic E-state index is 13.0. The number of allylic oxidation sites excluding steroid dienone is 2. The second-order valence-electron chi connectivity index (χ2n) is 9.48. The zero-order valence-corrected chi connectivity index (χ0v) is 18.8. The van der Waals surface area contributed by atoms with Gasteiger partial charge in [0, 0.05) is 6.42 Å². The fraction of sp³-hybridized carbons (Fsp3) is 0.810. The Balaban J connectivity index is 2.55. The zero-order valence-electron chi connectivity index (χ0n) is 17.8. The lowest BCUT2D eigenvalue weighted by Gasteiger charge is -2.49. The first-order valence-electron chi connectivity index (χ1n) is 10.2. The summed E-state index contributed by atoms with van der Waals surface area (Å²) in [6.45, 7) is 15.0. The summed E-state index contributed by atoms with van der Waals surface area (Å²) < 4.78 is 6.93. The molecule has 0 spiro atoms. The number of carbonyl (C=O) groups excluding carboxylic acids is 1. The molecule has 0 aromatic rings. The van der Waals surface area contributed by atoms with Crippen LogP contribution in [-0.2, 0) is 14.0 Å². The van der Waals surface area contributed by atoms with Crippen molar-refractivity contribution < 1.29 is 24.2 Å². The normalized spacial score (nSPS) is 29.0. The number of aliphatic hydroxyl groups excluding tert-OH is 1. The molecule has 0 heterocycles. The summed E-state index contributed by atoms with van der Waals surface area (Å²) in [7, 11) is -2.28. The third kappa shape index (κ3) is 3.39. The molecule has 2 aliphatic carbocycles. The lowest BCUT2D eigenvalue weighted by atomic mass is 9.64. The molecule has 0 amide bonds. The highest BCUT2D eigenvalue weighted by Crippen LogP contribution is 2.57. The van der Waals surface area contributed by atoms with E-state index < -0.39 is 31.6 Å². The van der Waals surface area contributed by atoms with Crippen molar-refractivity contribution in [3.8, 4) is 0 Å². The summed E-state index contributed by atoms with van der Waals surface area (Å²) in [6.07, 6.45) is 1.70. The molecule has 2 rings (SSSR count). The number of carboxylic acid groups (broad SMARTS) is 1. The Kier molecular flexibility index (Phi) is 6.32. The van der Waals surface area contributed by atoms with Crippen molar-refractivity contribution in [3.63, 3.8) is 0 Å². The summed E-state index contributed by atoms with van der Waals surface area (Å²) in [4.78, 5) is 24.7. The number of rotatable bonds is 7. The molecule has 154 valence electrons. The molecule has 5 nitrogen and oxygen atoms in total. The van der Waals surface area contributed by atoms with Crippen LogP contribution in [0.15, 0.2) is 11.3 Å². The van der Waals surface area contributed by atoms with Gasteiger partial charge in [0.15, 0.2) is 0 Å². The van der Waals surface area contributed by atoms with Crippen molar-refractivity contribution in [2.45, 2.75) is 96.9 Å². The van der Waals surface area contributed by atoms with Crippen LogP contribution < -0.4 is 0 Å². The molecule has 0 saturated heterocycles. The minimum atomic E-state index is -2.28. The monoisotopic (exact) mass is 396 g/mol. The van der Waals surface area contributed by atoms with Gasteiger partial charge >= 0.3 is 5.97 Å². The third-order valence-electron chi connectivity index (χ3n) is 7.26. The van der Waals surface area contributed by atoms with E-state index in [1.54, 1.807) is 0 Å². The van der Waals surface area contributed by atoms with Crippen molar-refractivity contribution in [1.29, 1.82) is 0 Å². The molecule has 2 N–H and O–H groups in total. The molecule has 1 saturated carbocycles. The van der Waals surface area contributed by atoms with Gasteiger partial charge < -0.3 is 14.6 Å². The Bertz CT molecular complexity index is 615. The van der Waals surface area contributed by atoms with Crippen molar-refractivity contribution in [2.24, 2.45) is 11.3 Å². The van der Waals surface area contributed by atoms with E-state index in [0.29, 0.717) is 29.5 Å². The zero-order chi connectivity index (χ0) is 20.7. The van der Waals surface area contributed by atoms with Gasteiger partial charge in [0.05, 0.1) is 17.3 Å². The molecular weight excluding hydrogens is 360 g/mol. The highest BCUT2D eigenvalue weighted by Gasteiger charge is 2.62. The van der Waals surface area contributed by atoms with Crippen LogP contribution in [0.4, 0.5) is 0 Å². The van der Waals surface area contributed by atoms with Gasteiger partial charge in [-0.3, -0.25) is 4.79 Å². The van der Waals surface area contributed by atoms with Crippen LogP contribution in [0.1, 0.15) is 74.1 Å². The number of carboxylic acids is 1. The maximum Gasteiger partial charge on any atom is 0.372 e. The number of aliphatic hydroxyl groups is 1. The maximum absolute atomic E-state index is 13.0. The van der Waals surface area contributed by atoms with Crippen LogP contribution in [0.5, 0.6) is 0 Å². The predicted octanol–water partition coefficient (Wildman–Crippen LogP) is 5.22. The first-order chi connectivity index (χ1) is 12.4. The van der Waals surface area contributed by atoms with E-state index in [2.05, 4.69) is 41.5 Å². The molecule has 0 aromatic heterocycles. The average Bonchev–Trinajstić information content (AvgIpc) is 2.89. The highest BCUT2D eigenvalue weighted by atomic mass is 28.4. The number of hydrogen-bond acceptors (Lipinski definition) is 4. The average molecular weight is 397 g/mol. The standard InChI is InChI=1S/C21H36O5Si/c1-12(2)27(13(3)4,14(5)6)26-18-9-8-16-10-15(7)17(22)11-21(16,18)19(23)20(24)25/h12-14,16,18,22H,8-11H2,1-7H3,(H,24,25)/t16-,18+,21+/m0/s1. The molecular formula is C21H36O5Si. The van der Waals surface area contributed by atoms with Crippen LogP contribution in [0.3, 0.4) is 0 Å². The summed E-state index contributed by atoms with van der Waals surface area (Å²) in [6, 6.07) is 0. The first-order valence-corrected chi connectivity index (χ1v) is 12.4. The minimum absolute atomic E-state index is 0.0693. The van der Waals surface area contributed by atoms with E-state index in [1.165, 1.54) is 0 Å². The van der Waals surface area contributed by atoms with Gasteiger partial charge in [-0.25, -0.2) is 4.79 Å². The lowest BCUT2D eigenvalue weighted by Crippen LogP contribution is -2.56. The number of carbonyl (C=O) groups is 2. The fourth-order valence-corrected chi connectivity index (χ4v) is 11.7. The Hall–Kier alpha value is -1.14. The Labute approximate surface area is 164 Å². The Morgan fingerprint density at radius 3 is 2.04 bits per heavy atom. The van der Waals surface area contributed by atoms with Crippen LogP contribution in [0.25, 0.3) is 0 Å². The predicted molar refractivity (Wildman–Crippen MR) is 108 cm³/mol. The Morgan fingerprint density at radius 1 is 1.07 bits per heavy atom. The molecule has 3 atom stereocenters. The van der Waals surface area contributed by atoms with E-state index in [4.69, 9.17) is 4.43 Å². The SMILES string of the molecule is CC1=C(O)C[C@@]2(C(=O)C(=O)O)[C@@H](CC[C@H]2O[Si](C(C)C)(C(C)C)C(C)C)C1. The smallest absolute Gasteiger partial charge is 0.372 e. The van der Waals surface area contributed by atoms with Gasteiger partial charge in [-0.2, -0.15) is 0 Å². The topological polar surface area (TPSA) is 83.8 Å². The quantitative estimate of drug-likeness (QED) is 0.455. The van der Waals surface area contributed by atoms with E-state index in [-0.39, 0.29) is 18.1 Å². The summed E-state index contributed by atoms with van der Waals surface area (Å²) in [5, 5.41) is 20.0. The number of fused-ring (bicyclic) bond motifs is 1. The fourth-order valence-electron chi connectivity index (χ4n) is 6.02. The van der Waals surface area contributed by atoms with Crippen LogP contribution in [-0.4, -0.2) is 36.4 Å². The van der Waals surface area contributed by atoms with E-state index >= 15 is 0 Å². The molecule has 0 radical (unpaired) electrons. The molecule has 0 aliphatic heterocycles. The number of ketones is 1. The summed E-state index contributed by atoms with van der Waals surface area (Å²) >= 11 is 0. The van der Waals surface area contributed by atoms with Crippen molar-refractivity contribution >= 4 is 20.1 Å². The van der Waals surface area contributed by atoms with Crippen molar-refractivity contribution in [2.75, 3.05) is 0 Å². The minimum Gasteiger partial charge on any atom is -0.512 e. The van der Waals surface area contributed by atoms with Gasteiger partial charge in [0.2, 0.25) is 14.1 Å². The first kappa shape index (κ1) is 22.1. The number of aliphatic carboxylic acids is 1. The lowest BCUT2D eigenvalue weighted by molar-refractivity contribution is -0.159. The molecule has 0 aromatic carbocycles. The van der Waals surface area contributed by atoms with E-state index in [0.717, 1.165) is 12.0 Å². The molecule has 27 heavy (non-hydrogen) atoms. The van der Waals surface area contributed by atoms with Crippen LogP contribution >= 0.6 is 0 Å². The molecule has 0 bridgehead atoms. The molecule has 0 unspecified atom stereocenters. The number of hydrogen-bond donors (Lipinski definition) is 2. The van der Waals surface area contributed by atoms with Gasteiger partial charge in [-0.05, 0) is 54.3 Å². The second kappa shape index (κ2) is 7.70. The molecule has 1 fully saturated rings. The highest BCUT2D eigenvalue weighted by molar-refractivity contribution is 6.77. The van der Waals surface area contributed by atoms with Crippen molar-refractivity contribution in [3.05, 3.63) is 11.3 Å². The van der Waals surface area contributed by atoms with Crippen LogP contribution in [0.2, 0.25) is 16.6 Å². The third-order valence-corrected chi connectivity index (χ3v) is 13.4. The van der Waals surface area contributed by atoms with E-state index in [1.807, 2.05) is 6.92 Å². The summed E-state index contributed by atoms with van der Waals surface area (Å²) in [5.41, 5.74) is 0.787. The van der Waals surface area contributed by atoms with Gasteiger partial charge in [0.25, 0.3) is 0 Å². The van der Waals surface area contributed by atoms with Crippen molar-refractivity contribution in [1.82, 2.24) is 0 Å². The molecule has 6 heteroatoms. The Morgan fingerprint density at radius 2 is 1.59 bits per heavy atom. The van der Waals surface area contributed by atoms with Gasteiger partial charge in [0.1, 0.15) is 0 Å². The van der Waals surface area contributed by atoms with Crippen LogP contribution in [0, 0.1) is 11.3 Å². The van der Waals surface area contributed by atoms with E-state index in [9.17, 15) is 19.8 Å². The summed E-state index contributed by atoms with van der Waals surface area (Å²) in [5.74, 6) is -2.09. The van der Waals surface area contributed by atoms with Gasteiger partial charge in [-0.15, -0.1) is 0 Å². The van der Waals surface area contributed by atoms with Gasteiger partial charge in [-0.1, -0.05) is 41.5 Å². The second-order valence-corrected chi connectivity index (χ2v) is 14.9. The molecule has 2 aliphatic rings. The number of Topliss-reactive ketones (excluding diaryl/α,β-unsaturated/α-hetero) is 1.